The van der Waals surface area contributed by atoms with E-state index in [0.29, 0.717) is 30.9 Å². The maximum atomic E-state index is 12.4. The molecule has 0 spiro atoms. The van der Waals surface area contributed by atoms with Crippen LogP contribution in [0.4, 0.5) is 0 Å². The third kappa shape index (κ3) is 5.66. The third-order valence-electron chi connectivity index (χ3n) is 4.28. The highest BCUT2D eigenvalue weighted by Crippen LogP contribution is 2.26. The van der Waals surface area contributed by atoms with Crippen LogP contribution in [0.5, 0.6) is 11.5 Å². The van der Waals surface area contributed by atoms with E-state index in [-0.39, 0.29) is 28.9 Å². The molecule has 0 radical (unpaired) electrons. The summed E-state index contributed by atoms with van der Waals surface area (Å²) >= 11 is 0. The van der Waals surface area contributed by atoms with Crippen molar-refractivity contribution in [3.63, 3.8) is 0 Å². The van der Waals surface area contributed by atoms with E-state index in [1.54, 1.807) is 18.2 Å². The first-order chi connectivity index (χ1) is 12.7. The molecule has 2 rings (SSSR count). The molecular weight excluding hydrogens is 342 g/mol. The third-order valence-corrected chi connectivity index (χ3v) is 4.28. The van der Waals surface area contributed by atoms with Gasteiger partial charge in [-0.2, -0.15) is 0 Å². The topological polar surface area (TPSA) is 89.6 Å². The molecule has 0 aliphatic rings. The van der Waals surface area contributed by atoms with E-state index in [1.807, 2.05) is 12.1 Å². The van der Waals surface area contributed by atoms with Crippen LogP contribution in [0.2, 0.25) is 0 Å². The Hall–Kier alpha value is -2.66. The molecule has 0 atom stereocenters. The molecule has 0 aromatic heterocycles. The van der Waals surface area contributed by atoms with Gasteiger partial charge in [-0.1, -0.05) is 45.0 Å². The van der Waals surface area contributed by atoms with E-state index in [0.717, 1.165) is 5.56 Å². The van der Waals surface area contributed by atoms with E-state index in [9.17, 15) is 14.7 Å². The number of rotatable bonds is 8. The lowest BCUT2D eigenvalue weighted by Crippen LogP contribution is -2.12. The SMILES string of the molecule is CC(C)(C)c1ccc(C(=O)CC(=O)c2ccc(OCCCN)cc2O)cc1. The minimum atomic E-state index is -0.425. The zero-order valence-corrected chi connectivity index (χ0v) is 16.1. The standard InChI is InChI=1S/C22H27NO4/c1-22(2,3)16-7-5-15(6-8-16)19(24)14-21(26)18-10-9-17(13-20(18)25)27-12-4-11-23/h5-10,13,25H,4,11-12,14,23H2,1-3H3. The maximum Gasteiger partial charge on any atom is 0.174 e. The van der Waals surface area contributed by atoms with E-state index in [1.165, 1.54) is 12.1 Å². The van der Waals surface area contributed by atoms with Crippen LogP contribution in [0, 0.1) is 0 Å². The van der Waals surface area contributed by atoms with Gasteiger partial charge in [-0.25, -0.2) is 0 Å². The zero-order chi connectivity index (χ0) is 20.0. The van der Waals surface area contributed by atoms with Gasteiger partial charge in [0.05, 0.1) is 18.6 Å². The molecule has 0 saturated carbocycles. The maximum absolute atomic E-state index is 12.4. The summed E-state index contributed by atoms with van der Waals surface area (Å²) in [5, 5.41) is 10.1. The number of hydrogen-bond acceptors (Lipinski definition) is 5. The van der Waals surface area contributed by atoms with Crippen LogP contribution < -0.4 is 10.5 Å². The number of benzene rings is 2. The lowest BCUT2D eigenvalue weighted by molar-refractivity contribution is 0.0893. The number of Topliss-reactive ketones (excluding diaryl/α,β-unsaturated/α-hetero) is 2. The van der Waals surface area contributed by atoms with Crippen molar-refractivity contribution in [2.75, 3.05) is 13.2 Å². The Balaban J connectivity index is 2.04. The molecule has 2 aromatic carbocycles. The number of carbonyl (C=O) groups excluding carboxylic acids is 2. The highest BCUT2D eigenvalue weighted by atomic mass is 16.5. The predicted molar refractivity (Wildman–Crippen MR) is 106 cm³/mol. The van der Waals surface area contributed by atoms with Gasteiger partial charge < -0.3 is 15.6 Å². The molecule has 0 bridgehead atoms. The summed E-state index contributed by atoms with van der Waals surface area (Å²) in [6.07, 6.45) is 0.403. The lowest BCUT2D eigenvalue weighted by atomic mass is 9.86. The molecule has 0 aliphatic carbocycles. The first-order valence-corrected chi connectivity index (χ1v) is 9.05. The van der Waals surface area contributed by atoms with Gasteiger partial charge in [0.25, 0.3) is 0 Å². The van der Waals surface area contributed by atoms with Crippen molar-refractivity contribution in [1.82, 2.24) is 0 Å². The monoisotopic (exact) mass is 369 g/mol. The van der Waals surface area contributed by atoms with Gasteiger partial charge in [0, 0.05) is 11.6 Å². The van der Waals surface area contributed by atoms with Gasteiger partial charge in [0.2, 0.25) is 0 Å². The van der Waals surface area contributed by atoms with Crippen molar-refractivity contribution in [2.45, 2.75) is 39.0 Å². The summed E-state index contributed by atoms with van der Waals surface area (Å²) in [5.41, 5.74) is 7.12. The van der Waals surface area contributed by atoms with Crippen LogP contribution in [-0.2, 0) is 5.41 Å². The first kappa shape index (κ1) is 20.6. The average Bonchev–Trinajstić information content (AvgIpc) is 2.61. The summed E-state index contributed by atoms with van der Waals surface area (Å²) in [6, 6.07) is 11.8. The molecule has 5 heteroatoms. The molecule has 3 N–H and O–H groups in total. The highest BCUT2D eigenvalue weighted by Gasteiger charge is 2.18. The Bertz CT molecular complexity index is 804. The molecule has 2 aromatic rings. The summed E-state index contributed by atoms with van der Waals surface area (Å²) in [7, 11) is 0. The minimum Gasteiger partial charge on any atom is -0.507 e. The summed E-state index contributed by atoms with van der Waals surface area (Å²) < 4.78 is 5.43. The molecule has 0 aliphatic heterocycles. The van der Waals surface area contributed by atoms with Gasteiger partial charge in [-0.3, -0.25) is 9.59 Å². The van der Waals surface area contributed by atoms with Crippen molar-refractivity contribution in [3.8, 4) is 11.5 Å². The van der Waals surface area contributed by atoms with Gasteiger partial charge in [0.1, 0.15) is 11.5 Å². The van der Waals surface area contributed by atoms with Crippen LogP contribution in [0.1, 0.15) is 59.9 Å². The number of aromatic hydroxyl groups is 1. The summed E-state index contributed by atoms with van der Waals surface area (Å²) in [6.45, 7) is 7.24. The molecule has 0 heterocycles. The molecule has 0 fully saturated rings. The van der Waals surface area contributed by atoms with Crippen LogP contribution >= 0.6 is 0 Å². The summed E-state index contributed by atoms with van der Waals surface area (Å²) in [4.78, 5) is 24.8. The molecule has 0 amide bonds. The van der Waals surface area contributed by atoms with Crippen LogP contribution in [0.25, 0.3) is 0 Å². The van der Waals surface area contributed by atoms with Crippen LogP contribution in [0.3, 0.4) is 0 Å². The predicted octanol–water partition coefficient (Wildman–Crippen LogP) is 3.87. The van der Waals surface area contributed by atoms with Crippen molar-refractivity contribution in [1.29, 1.82) is 0 Å². The second kappa shape index (κ2) is 8.82. The quantitative estimate of drug-likeness (QED) is 0.419. The zero-order valence-electron chi connectivity index (χ0n) is 16.1. The fourth-order valence-electron chi connectivity index (χ4n) is 2.61. The molecule has 144 valence electrons. The van der Waals surface area contributed by atoms with Gasteiger partial charge >= 0.3 is 0 Å². The number of nitrogens with two attached hydrogens (primary N) is 1. The van der Waals surface area contributed by atoms with Crippen molar-refractivity contribution < 1.29 is 19.4 Å². The molecular formula is C22H27NO4. The van der Waals surface area contributed by atoms with Crippen LogP contribution in [-0.4, -0.2) is 29.8 Å². The Morgan fingerprint density at radius 1 is 1.04 bits per heavy atom. The second-order valence-corrected chi connectivity index (χ2v) is 7.52. The number of phenols is 1. The van der Waals surface area contributed by atoms with Gasteiger partial charge in [0.15, 0.2) is 11.6 Å². The van der Waals surface area contributed by atoms with Crippen molar-refractivity contribution in [3.05, 3.63) is 59.2 Å². The van der Waals surface area contributed by atoms with Crippen LogP contribution in [0.15, 0.2) is 42.5 Å². The normalized spacial score (nSPS) is 11.3. The second-order valence-electron chi connectivity index (χ2n) is 7.52. The lowest BCUT2D eigenvalue weighted by Gasteiger charge is -2.18. The average molecular weight is 369 g/mol. The summed E-state index contributed by atoms with van der Waals surface area (Å²) in [5.74, 6) is -0.434. The molecule has 0 unspecified atom stereocenters. The Kier molecular flexibility index (Phi) is 6.75. The number of phenolic OH excluding ortho intramolecular Hbond substituents is 1. The van der Waals surface area contributed by atoms with E-state index in [2.05, 4.69) is 20.8 Å². The Morgan fingerprint density at radius 3 is 2.26 bits per heavy atom. The number of carbonyl (C=O) groups is 2. The van der Waals surface area contributed by atoms with E-state index >= 15 is 0 Å². The van der Waals surface area contributed by atoms with E-state index in [4.69, 9.17) is 10.5 Å². The fraction of sp³-hybridized carbons (Fsp3) is 0.364. The number of ketones is 2. The fourth-order valence-corrected chi connectivity index (χ4v) is 2.61. The Labute approximate surface area is 160 Å². The molecule has 27 heavy (non-hydrogen) atoms. The van der Waals surface area contributed by atoms with E-state index < -0.39 is 5.78 Å². The minimum absolute atomic E-state index is 0.00282. The highest BCUT2D eigenvalue weighted by molar-refractivity contribution is 6.14. The van der Waals surface area contributed by atoms with Crippen molar-refractivity contribution >= 4 is 11.6 Å². The first-order valence-electron chi connectivity index (χ1n) is 9.05. The molecule has 0 saturated heterocycles. The van der Waals surface area contributed by atoms with Crippen molar-refractivity contribution in [2.24, 2.45) is 5.73 Å². The largest absolute Gasteiger partial charge is 0.507 e. The number of ether oxygens (including phenoxy) is 1. The smallest absolute Gasteiger partial charge is 0.174 e. The van der Waals surface area contributed by atoms with Gasteiger partial charge in [-0.05, 0) is 36.1 Å². The number of hydrogen-bond donors (Lipinski definition) is 2. The van der Waals surface area contributed by atoms with Gasteiger partial charge in [-0.15, -0.1) is 0 Å². The Morgan fingerprint density at radius 2 is 1.70 bits per heavy atom. The molecule has 5 nitrogen and oxygen atoms in total.